The highest BCUT2D eigenvalue weighted by molar-refractivity contribution is 8.01. The summed E-state index contributed by atoms with van der Waals surface area (Å²) in [5.41, 5.74) is 0. The summed E-state index contributed by atoms with van der Waals surface area (Å²) in [6.07, 6.45) is -2.69. The topological polar surface area (TPSA) is 65.0 Å². The smallest absolute Gasteiger partial charge is 0.357 e. The molecular weight excluding hydrogens is 323 g/mol. The van der Waals surface area contributed by atoms with Gasteiger partial charge in [-0.3, -0.25) is 0 Å². The third kappa shape index (κ3) is 4.23. The predicted molar refractivity (Wildman–Crippen MR) is 83.7 cm³/mol. The maximum absolute atomic E-state index is 15.5. The minimum absolute atomic E-state index is 0.00537. The minimum Gasteiger partial charge on any atom is -0.463 e. The van der Waals surface area contributed by atoms with Crippen LogP contribution in [0.2, 0.25) is 0 Å². The Morgan fingerprint density at radius 3 is 2.70 bits per heavy atom. The highest BCUT2D eigenvalue weighted by atomic mass is 32.2. The van der Waals surface area contributed by atoms with E-state index in [-0.39, 0.29) is 13.2 Å². The number of carbonyl (C=O) groups excluding carboxylic acids is 1. The van der Waals surface area contributed by atoms with E-state index in [1.807, 2.05) is 0 Å². The van der Waals surface area contributed by atoms with E-state index in [2.05, 4.69) is 0 Å². The number of aliphatic hydroxyl groups excluding tert-OH is 1. The third-order valence-electron chi connectivity index (χ3n) is 3.33. The monoisotopic (exact) mass is 344 g/mol. The van der Waals surface area contributed by atoms with Gasteiger partial charge in [-0.1, -0.05) is 30.0 Å². The van der Waals surface area contributed by atoms with Gasteiger partial charge in [-0.25, -0.2) is 9.18 Å². The lowest BCUT2D eigenvalue weighted by Gasteiger charge is -2.30. The molecular formula is C16H21FO5S. The van der Waals surface area contributed by atoms with Crippen LogP contribution in [-0.4, -0.2) is 47.3 Å². The number of esters is 1. The molecule has 1 N–H and O–H groups in total. The van der Waals surface area contributed by atoms with E-state index in [9.17, 15) is 9.90 Å². The van der Waals surface area contributed by atoms with Crippen LogP contribution < -0.4 is 0 Å². The molecule has 5 nitrogen and oxygen atoms in total. The number of hydrogen-bond acceptors (Lipinski definition) is 6. The second-order valence-corrected chi connectivity index (χ2v) is 6.86. The number of ether oxygens (including phenoxy) is 3. The molecule has 0 spiro atoms. The van der Waals surface area contributed by atoms with Crippen LogP contribution in [0.5, 0.6) is 0 Å². The first-order chi connectivity index (χ1) is 10.8. The van der Waals surface area contributed by atoms with Crippen LogP contribution >= 0.6 is 11.8 Å². The molecule has 23 heavy (non-hydrogen) atoms. The maximum Gasteiger partial charge on any atom is 0.357 e. The van der Waals surface area contributed by atoms with Crippen LogP contribution in [-0.2, 0) is 19.0 Å². The molecule has 1 saturated heterocycles. The van der Waals surface area contributed by atoms with Crippen molar-refractivity contribution in [3.8, 4) is 0 Å². The highest BCUT2D eigenvalue weighted by Crippen LogP contribution is 2.41. The molecule has 7 heteroatoms. The molecule has 1 aromatic rings. The summed E-state index contributed by atoms with van der Waals surface area (Å²) in [5, 5.41) is 7.77. The van der Waals surface area contributed by atoms with Gasteiger partial charge in [-0.15, -0.1) is 0 Å². The van der Waals surface area contributed by atoms with E-state index in [1.54, 1.807) is 51.1 Å². The van der Waals surface area contributed by atoms with Crippen LogP contribution in [0.3, 0.4) is 0 Å². The Bertz CT molecular complexity index is 539. The van der Waals surface area contributed by atoms with Gasteiger partial charge < -0.3 is 19.3 Å². The first kappa shape index (κ1) is 18.2. The van der Waals surface area contributed by atoms with Crippen molar-refractivity contribution in [2.75, 3.05) is 13.2 Å². The van der Waals surface area contributed by atoms with Gasteiger partial charge in [0.1, 0.15) is 12.2 Å². The number of aliphatic hydroxyl groups is 1. The quantitative estimate of drug-likeness (QED) is 0.632. The molecule has 0 aliphatic carbocycles. The van der Waals surface area contributed by atoms with Gasteiger partial charge in [0.05, 0.1) is 13.2 Å². The molecule has 1 fully saturated rings. The summed E-state index contributed by atoms with van der Waals surface area (Å²) in [6, 6.07) is 8.53. The molecule has 0 aromatic heterocycles. The molecule has 1 aliphatic rings. The molecule has 2 unspecified atom stereocenters. The number of carbonyl (C=O) groups is 1. The zero-order chi connectivity index (χ0) is 17.1. The van der Waals surface area contributed by atoms with Gasteiger partial charge in [-0.05, 0) is 32.9 Å². The summed E-state index contributed by atoms with van der Waals surface area (Å²) < 4.78 is 31.1. The van der Waals surface area contributed by atoms with Crippen LogP contribution in [0.4, 0.5) is 4.39 Å². The van der Waals surface area contributed by atoms with Gasteiger partial charge in [-0.2, -0.15) is 0 Å². The van der Waals surface area contributed by atoms with E-state index >= 15 is 4.39 Å². The molecule has 0 saturated carbocycles. The van der Waals surface area contributed by atoms with Crippen molar-refractivity contribution in [3.63, 3.8) is 0 Å². The fraction of sp³-hybridized carbons (Fsp3) is 0.562. The molecule has 0 amide bonds. The summed E-state index contributed by atoms with van der Waals surface area (Å²) in [4.78, 5) is 12.7. The Morgan fingerprint density at radius 1 is 1.52 bits per heavy atom. The normalized spacial score (nSPS) is 24.0. The lowest BCUT2D eigenvalue weighted by Crippen LogP contribution is -2.51. The first-order valence-electron chi connectivity index (χ1n) is 7.38. The molecule has 0 bridgehead atoms. The highest BCUT2D eigenvalue weighted by Gasteiger charge is 2.55. The van der Waals surface area contributed by atoms with Crippen molar-refractivity contribution < 1.29 is 28.5 Å². The second-order valence-electron chi connectivity index (χ2n) is 5.59. The Morgan fingerprint density at radius 2 is 2.17 bits per heavy atom. The van der Waals surface area contributed by atoms with Crippen molar-refractivity contribution in [1.82, 2.24) is 0 Å². The van der Waals surface area contributed by atoms with Crippen LogP contribution in [0.1, 0.15) is 20.8 Å². The first-order valence-corrected chi connectivity index (χ1v) is 8.20. The SMILES string of the molecule is CCOC(=O)C(F)(Sc1ccccc1)C(O)[C@H]1COC(C)(C)O1. The standard InChI is InChI=1S/C16H21FO5S/c1-4-20-14(19)16(17,23-11-8-6-5-7-9-11)13(18)12-10-21-15(2,3)22-12/h5-9,12-13,18H,4,10H2,1-3H3/t12-,13?,16?/m1/s1. The van der Waals surface area contributed by atoms with E-state index in [1.165, 1.54) is 0 Å². The largest absolute Gasteiger partial charge is 0.463 e. The number of halogens is 1. The number of thioether (sulfide) groups is 1. The molecule has 3 atom stereocenters. The van der Waals surface area contributed by atoms with Crippen LogP contribution in [0, 0.1) is 0 Å². The van der Waals surface area contributed by atoms with Crippen molar-refractivity contribution >= 4 is 17.7 Å². The number of hydrogen-bond donors (Lipinski definition) is 1. The second kappa shape index (κ2) is 7.17. The summed E-state index contributed by atoms with van der Waals surface area (Å²) in [6.45, 7) is 4.91. The fourth-order valence-electron chi connectivity index (χ4n) is 2.22. The molecule has 0 radical (unpaired) electrons. The Hall–Kier alpha value is -1.15. The van der Waals surface area contributed by atoms with Crippen LogP contribution in [0.25, 0.3) is 0 Å². The lowest BCUT2D eigenvalue weighted by molar-refractivity contribution is -0.173. The fourth-order valence-corrected chi connectivity index (χ4v) is 3.27. The van der Waals surface area contributed by atoms with Gasteiger partial charge >= 0.3 is 5.97 Å². The molecule has 128 valence electrons. The zero-order valence-electron chi connectivity index (χ0n) is 13.3. The van der Waals surface area contributed by atoms with Crippen molar-refractivity contribution in [2.24, 2.45) is 0 Å². The molecule has 1 aliphatic heterocycles. The zero-order valence-corrected chi connectivity index (χ0v) is 14.1. The molecule has 1 aromatic carbocycles. The van der Waals surface area contributed by atoms with Crippen molar-refractivity contribution in [3.05, 3.63) is 30.3 Å². The number of alkyl halides is 1. The maximum atomic E-state index is 15.5. The summed E-state index contributed by atoms with van der Waals surface area (Å²) in [7, 11) is 0. The number of benzene rings is 1. The van der Waals surface area contributed by atoms with E-state index in [4.69, 9.17) is 14.2 Å². The summed E-state index contributed by atoms with van der Waals surface area (Å²) >= 11 is 0.607. The Labute approximate surface area is 139 Å². The molecule has 1 heterocycles. The average Bonchev–Trinajstić information content (AvgIpc) is 2.87. The Balaban J connectivity index is 2.24. The van der Waals surface area contributed by atoms with E-state index in [0.29, 0.717) is 16.7 Å². The van der Waals surface area contributed by atoms with Gasteiger partial charge in [0.2, 0.25) is 0 Å². The van der Waals surface area contributed by atoms with Gasteiger partial charge in [0.25, 0.3) is 5.00 Å². The minimum atomic E-state index is -2.69. The average molecular weight is 344 g/mol. The van der Waals surface area contributed by atoms with Gasteiger partial charge in [0.15, 0.2) is 5.79 Å². The van der Waals surface area contributed by atoms with Gasteiger partial charge in [0, 0.05) is 4.90 Å². The van der Waals surface area contributed by atoms with Crippen molar-refractivity contribution in [1.29, 1.82) is 0 Å². The third-order valence-corrected chi connectivity index (χ3v) is 4.54. The van der Waals surface area contributed by atoms with E-state index in [0.717, 1.165) is 0 Å². The van der Waals surface area contributed by atoms with E-state index < -0.39 is 29.0 Å². The van der Waals surface area contributed by atoms with Crippen LogP contribution in [0.15, 0.2) is 35.2 Å². The van der Waals surface area contributed by atoms with Crippen molar-refractivity contribution in [2.45, 2.75) is 48.7 Å². The molecule has 2 rings (SSSR count). The lowest BCUT2D eigenvalue weighted by atomic mass is 10.1. The summed E-state index contributed by atoms with van der Waals surface area (Å²) in [5.74, 6) is -2.06. The number of rotatable bonds is 6. The predicted octanol–water partition coefficient (Wildman–Crippen LogP) is 2.52. The Kier molecular flexibility index (Phi) is 5.67.